The van der Waals surface area contributed by atoms with E-state index in [1.54, 1.807) is 12.3 Å². The quantitative estimate of drug-likeness (QED) is 0.784. The first kappa shape index (κ1) is 10.6. The minimum Gasteiger partial charge on any atom is -0.486 e. The van der Waals surface area contributed by atoms with Crippen molar-refractivity contribution >= 4 is 17.5 Å². The Kier molecular flexibility index (Phi) is 2.38. The maximum atomic E-state index is 10.6. The van der Waals surface area contributed by atoms with Gasteiger partial charge in [0.25, 0.3) is 0 Å². The molecule has 0 aliphatic heterocycles. The summed E-state index contributed by atoms with van der Waals surface area (Å²) in [6, 6.07) is 1.75. The fraction of sp³-hybridized carbons (Fsp3) is 0.364. The molecule has 0 amide bonds. The summed E-state index contributed by atoms with van der Waals surface area (Å²) in [5.74, 6) is 0.908. The summed E-state index contributed by atoms with van der Waals surface area (Å²) in [5.41, 5.74) is 0.837. The molecule has 2 aromatic rings. The molecule has 0 aliphatic rings. The lowest BCUT2D eigenvalue weighted by atomic mass is 10.2. The second-order valence-electron chi connectivity index (χ2n) is 4.46. The Labute approximate surface area is 92.9 Å². The number of nitrogens with one attached hydrogen (secondary N) is 1. The Bertz CT molecular complexity index is 525. The third-order valence-corrected chi connectivity index (χ3v) is 1.90. The third-order valence-electron chi connectivity index (χ3n) is 1.90. The molecule has 16 heavy (non-hydrogen) atoms. The van der Waals surface area contributed by atoms with Gasteiger partial charge in [-0.3, -0.25) is 4.79 Å². The van der Waals surface area contributed by atoms with Crippen molar-refractivity contribution in [2.24, 2.45) is 0 Å². The SMILES string of the molecule is CC(C)(C)Oc1ccnc2nc(C=O)[nH]c12. The van der Waals surface area contributed by atoms with Crippen molar-refractivity contribution in [1.82, 2.24) is 15.0 Å². The van der Waals surface area contributed by atoms with Crippen LogP contribution in [0.5, 0.6) is 5.75 Å². The highest BCUT2D eigenvalue weighted by Gasteiger charge is 2.16. The summed E-state index contributed by atoms with van der Waals surface area (Å²) in [6.07, 6.45) is 2.27. The maximum Gasteiger partial charge on any atom is 0.185 e. The average Bonchev–Trinajstić information content (AvgIpc) is 2.59. The Morgan fingerprint density at radius 3 is 2.81 bits per heavy atom. The predicted octanol–water partition coefficient (Wildman–Crippen LogP) is 1.95. The van der Waals surface area contributed by atoms with Crippen LogP contribution in [0.15, 0.2) is 12.3 Å². The number of rotatable bonds is 2. The topological polar surface area (TPSA) is 67.9 Å². The lowest BCUT2D eigenvalue weighted by Gasteiger charge is -2.21. The molecule has 0 spiro atoms. The summed E-state index contributed by atoms with van der Waals surface area (Å²) in [7, 11) is 0. The molecule has 0 aromatic carbocycles. The van der Waals surface area contributed by atoms with Crippen molar-refractivity contribution in [2.75, 3.05) is 0 Å². The van der Waals surface area contributed by atoms with E-state index in [0.29, 0.717) is 23.2 Å². The number of pyridine rings is 1. The van der Waals surface area contributed by atoms with Crippen LogP contribution in [0.2, 0.25) is 0 Å². The van der Waals surface area contributed by atoms with Crippen molar-refractivity contribution in [1.29, 1.82) is 0 Å². The number of hydrogen-bond donors (Lipinski definition) is 1. The number of carbonyl (C=O) groups excluding carboxylic acids is 1. The molecule has 2 rings (SSSR count). The van der Waals surface area contributed by atoms with Crippen molar-refractivity contribution in [3.63, 3.8) is 0 Å². The van der Waals surface area contributed by atoms with E-state index in [2.05, 4.69) is 15.0 Å². The second kappa shape index (κ2) is 3.59. The van der Waals surface area contributed by atoms with Crippen LogP contribution >= 0.6 is 0 Å². The summed E-state index contributed by atoms with van der Waals surface area (Å²) in [4.78, 5) is 21.5. The smallest absolute Gasteiger partial charge is 0.185 e. The van der Waals surface area contributed by atoms with Crippen LogP contribution in [-0.2, 0) is 0 Å². The molecule has 0 atom stereocenters. The van der Waals surface area contributed by atoms with Gasteiger partial charge in [0.2, 0.25) is 0 Å². The maximum absolute atomic E-state index is 10.6. The van der Waals surface area contributed by atoms with Crippen LogP contribution in [0.1, 0.15) is 31.4 Å². The predicted molar refractivity (Wildman–Crippen MR) is 59.7 cm³/mol. The van der Waals surface area contributed by atoms with E-state index in [1.807, 2.05) is 20.8 Å². The number of fused-ring (bicyclic) bond motifs is 1. The fourth-order valence-electron chi connectivity index (χ4n) is 1.38. The molecule has 0 saturated heterocycles. The van der Waals surface area contributed by atoms with Crippen molar-refractivity contribution < 1.29 is 9.53 Å². The highest BCUT2D eigenvalue weighted by molar-refractivity contribution is 5.83. The minimum atomic E-state index is -0.305. The van der Waals surface area contributed by atoms with Gasteiger partial charge in [-0.1, -0.05) is 0 Å². The Morgan fingerprint density at radius 1 is 1.44 bits per heavy atom. The molecule has 2 aromatic heterocycles. The summed E-state index contributed by atoms with van der Waals surface area (Å²) >= 11 is 0. The van der Waals surface area contributed by atoms with Gasteiger partial charge in [-0.25, -0.2) is 9.97 Å². The zero-order valence-corrected chi connectivity index (χ0v) is 9.44. The standard InChI is InChI=1S/C11H13N3O2/c1-11(2,3)16-7-4-5-12-10-9(7)13-8(6-15)14-10/h4-6H,1-3H3,(H,12,13,14). The monoisotopic (exact) mass is 219 g/mol. The molecule has 5 nitrogen and oxygen atoms in total. The lowest BCUT2D eigenvalue weighted by molar-refractivity contribution is 0.111. The zero-order valence-electron chi connectivity index (χ0n) is 9.44. The number of H-pyrrole nitrogens is 1. The van der Waals surface area contributed by atoms with Crippen molar-refractivity contribution in [3.8, 4) is 5.75 Å². The highest BCUT2D eigenvalue weighted by atomic mass is 16.5. The normalized spacial score (nSPS) is 11.7. The molecule has 84 valence electrons. The van der Waals surface area contributed by atoms with Gasteiger partial charge in [-0.05, 0) is 20.8 Å². The number of hydrogen-bond acceptors (Lipinski definition) is 4. The van der Waals surface area contributed by atoms with E-state index in [-0.39, 0.29) is 11.4 Å². The molecule has 0 radical (unpaired) electrons. The zero-order chi connectivity index (χ0) is 11.8. The van der Waals surface area contributed by atoms with E-state index in [0.717, 1.165) is 0 Å². The number of carbonyl (C=O) groups is 1. The largest absolute Gasteiger partial charge is 0.486 e. The van der Waals surface area contributed by atoms with E-state index in [4.69, 9.17) is 4.74 Å². The molecule has 0 aliphatic carbocycles. The Hall–Kier alpha value is -1.91. The molecule has 0 unspecified atom stereocenters. The van der Waals surface area contributed by atoms with Gasteiger partial charge in [0.15, 0.2) is 17.8 Å². The number of nitrogens with zero attached hydrogens (tertiary/aromatic N) is 2. The van der Waals surface area contributed by atoms with Gasteiger partial charge in [0, 0.05) is 12.3 Å². The molecule has 0 saturated carbocycles. The van der Waals surface area contributed by atoms with Gasteiger partial charge < -0.3 is 9.72 Å². The van der Waals surface area contributed by atoms with E-state index in [1.165, 1.54) is 0 Å². The van der Waals surface area contributed by atoms with E-state index >= 15 is 0 Å². The van der Waals surface area contributed by atoms with Gasteiger partial charge in [0.1, 0.15) is 16.9 Å². The average molecular weight is 219 g/mol. The van der Waals surface area contributed by atoms with Crippen LogP contribution in [0, 0.1) is 0 Å². The first-order chi connectivity index (χ1) is 7.49. The highest BCUT2D eigenvalue weighted by Crippen LogP contribution is 2.25. The van der Waals surface area contributed by atoms with E-state index in [9.17, 15) is 4.79 Å². The Balaban J connectivity index is 2.52. The van der Waals surface area contributed by atoms with Crippen LogP contribution in [0.3, 0.4) is 0 Å². The molecule has 2 heterocycles. The van der Waals surface area contributed by atoms with Gasteiger partial charge >= 0.3 is 0 Å². The summed E-state index contributed by atoms with van der Waals surface area (Å²) in [5, 5.41) is 0. The lowest BCUT2D eigenvalue weighted by Crippen LogP contribution is -2.23. The van der Waals surface area contributed by atoms with Crippen molar-refractivity contribution in [2.45, 2.75) is 26.4 Å². The first-order valence-electron chi connectivity index (χ1n) is 4.98. The van der Waals surface area contributed by atoms with Crippen LogP contribution in [0.25, 0.3) is 11.2 Å². The number of aldehydes is 1. The fourth-order valence-corrected chi connectivity index (χ4v) is 1.38. The van der Waals surface area contributed by atoms with Crippen LogP contribution in [0.4, 0.5) is 0 Å². The molecular weight excluding hydrogens is 206 g/mol. The second-order valence-corrected chi connectivity index (χ2v) is 4.46. The number of aromatic nitrogens is 3. The minimum absolute atomic E-state index is 0.257. The number of aromatic amines is 1. The van der Waals surface area contributed by atoms with E-state index < -0.39 is 0 Å². The van der Waals surface area contributed by atoms with Crippen LogP contribution in [-0.4, -0.2) is 26.8 Å². The van der Waals surface area contributed by atoms with Gasteiger partial charge in [-0.2, -0.15) is 0 Å². The number of ether oxygens (including phenoxy) is 1. The van der Waals surface area contributed by atoms with Gasteiger partial charge in [-0.15, -0.1) is 0 Å². The molecular formula is C11H13N3O2. The molecule has 1 N–H and O–H groups in total. The number of imidazole rings is 1. The van der Waals surface area contributed by atoms with Gasteiger partial charge in [0.05, 0.1) is 0 Å². The Morgan fingerprint density at radius 2 is 2.19 bits per heavy atom. The summed E-state index contributed by atoms with van der Waals surface area (Å²) in [6.45, 7) is 5.86. The molecule has 5 heteroatoms. The first-order valence-corrected chi connectivity index (χ1v) is 4.98. The molecule has 0 bridgehead atoms. The van der Waals surface area contributed by atoms with Crippen LogP contribution < -0.4 is 4.74 Å². The van der Waals surface area contributed by atoms with Crippen molar-refractivity contribution in [3.05, 3.63) is 18.1 Å². The summed E-state index contributed by atoms with van der Waals surface area (Å²) < 4.78 is 5.75. The molecule has 0 fully saturated rings. The third kappa shape index (κ3) is 2.03.